The van der Waals surface area contributed by atoms with Gasteiger partial charge in [-0.05, 0) is 31.5 Å². The lowest BCUT2D eigenvalue weighted by atomic mass is 10.2. The summed E-state index contributed by atoms with van der Waals surface area (Å²) in [7, 11) is 0. The number of thioether (sulfide) groups is 1. The van der Waals surface area contributed by atoms with Gasteiger partial charge < -0.3 is 9.52 Å². The number of carbonyl (C=O) groups is 1. The van der Waals surface area contributed by atoms with Crippen molar-refractivity contribution in [1.82, 2.24) is 4.98 Å². The van der Waals surface area contributed by atoms with E-state index in [1.807, 2.05) is 25.1 Å². The van der Waals surface area contributed by atoms with Gasteiger partial charge in [-0.3, -0.25) is 4.79 Å². The van der Waals surface area contributed by atoms with Gasteiger partial charge >= 0.3 is 5.97 Å². The molecule has 1 aromatic heterocycles. The van der Waals surface area contributed by atoms with Gasteiger partial charge in [0.25, 0.3) is 5.22 Å². The van der Waals surface area contributed by atoms with E-state index in [0.29, 0.717) is 10.8 Å². The standard InChI is InChI=1S/C11H11NO3S/c1-6-3-4-8-9(5-6)15-11(12-8)16-7(2)10(13)14/h3-5,7H,1-2H3,(H,13,14). The minimum Gasteiger partial charge on any atom is -0.480 e. The number of aliphatic carboxylic acids is 1. The maximum absolute atomic E-state index is 10.7. The van der Waals surface area contributed by atoms with Crippen LogP contribution < -0.4 is 0 Å². The van der Waals surface area contributed by atoms with E-state index < -0.39 is 11.2 Å². The third-order valence-corrected chi connectivity index (χ3v) is 3.08. The first-order chi connectivity index (χ1) is 7.56. The summed E-state index contributed by atoms with van der Waals surface area (Å²) in [5.41, 5.74) is 2.54. The highest BCUT2D eigenvalue weighted by atomic mass is 32.2. The third-order valence-electron chi connectivity index (χ3n) is 2.15. The Balaban J connectivity index is 2.29. The fraction of sp³-hybridized carbons (Fsp3) is 0.273. The summed E-state index contributed by atoms with van der Waals surface area (Å²) in [5, 5.41) is 8.61. The van der Waals surface area contributed by atoms with E-state index >= 15 is 0 Å². The average molecular weight is 237 g/mol. The van der Waals surface area contributed by atoms with E-state index in [2.05, 4.69) is 4.98 Å². The molecule has 84 valence electrons. The van der Waals surface area contributed by atoms with Gasteiger partial charge in [-0.25, -0.2) is 4.98 Å². The topological polar surface area (TPSA) is 63.3 Å². The molecule has 2 rings (SSSR count). The summed E-state index contributed by atoms with van der Waals surface area (Å²) < 4.78 is 5.46. The van der Waals surface area contributed by atoms with Crippen molar-refractivity contribution in [3.05, 3.63) is 23.8 Å². The third kappa shape index (κ3) is 2.19. The average Bonchev–Trinajstić information content (AvgIpc) is 2.58. The number of aryl methyl sites for hydroxylation is 1. The lowest BCUT2D eigenvalue weighted by Gasteiger charge is -1.99. The first-order valence-corrected chi connectivity index (χ1v) is 5.71. The van der Waals surface area contributed by atoms with Crippen LogP contribution in [0.2, 0.25) is 0 Å². The van der Waals surface area contributed by atoms with Gasteiger partial charge in [0.2, 0.25) is 0 Å². The molecule has 0 aliphatic carbocycles. The predicted octanol–water partition coefficient (Wildman–Crippen LogP) is 2.70. The number of carboxylic acids is 1. The first-order valence-electron chi connectivity index (χ1n) is 4.83. The minimum atomic E-state index is -0.872. The molecular weight excluding hydrogens is 226 g/mol. The zero-order chi connectivity index (χ0) is 11.7. The normalized spacial score (nSPS) is 12.9. The second-order valence-electron chi connectivity index (χ2n) is 3.55. The highest BCUT2D eigenvalue weighted by molar-refractivity contribution is 8.00. The lowest BCUT2D eigenvalue weighted by Crippen LogP contribution is -2.10. The quantitative estimate of drug-likeness (QED) is 0.831. The van der Waals surface area contributed by atoms with Crippen molar-refractivity contribution in [2.75, 3.05) is 0 Å². The number of hydrogen-bond acceptors (Lipinski definition) is 4. The van der Waals surface area contributed by atoms with Crippen LogP contribution in [0.25, 0.3) is 11.1 Å². The Bertz CT molecular complexity index is 535. The second-order valence-corrected chi connectivity index (χ2v) is 4.84. The molecular formula is C11H11NO3S. The number of aromatic nitrogens is 1. The van der Waals surface area contributed by atoms with Crippen LogP contribution in [-0.2, 0) is 4.79 Å². The van der Waals surface area contributed by atoms with Crippen molar-refractivity contribution in [2.45, 2.75) is 24.3 Å². The number of oxazole rings is 1. The van der Waals surface area contributed by atoms with Crippen LogP contribution in [0, 0.1) is 6.92 Å². The smallest absolute Gasteiger partial charge is 0.316 e. The maximum atomic E-state index is 10.7. The molecule has 0 saturated heterocycles. The molecule has 0 amide bonds. The Morgan fingerprint density at radius 1 is 1.56 bits per heavy atom. The molecule has 0 aliphatic rings. The Morgan fingerprint density at radius 2 is 2.31 bits per heavy atom. The van der Waals surface area contributed by atoms with E-state index in [-0.39, 0.29) is 0 Å². The Kier molecular flexibility index (Phi) is 2.87. The van der Waals surface area contributed by atoms with Gasteiger partial charge in [0.1, 0.15) is 10.8 Å². The van der Waals surface area contributed by atoms with Gasteiger partial charge in [0.15, 0.2) is 5.58 Å². The fourth-order valence-corrected chi connectivity index (χ4v) is 1.95. The van der Waals surface area contributed by atoms with Gasteiger partial charge in [0.05, 0.1) is 0 Å². The molecule has 1 N–H and O–H groups in total. The number of benzene rings is 1. The summed E-state index contributed by atoms with van der Waals surface area (Å²) in [6, 6.07) is 5.70. The molecule has 0 saturated carbocycles. The molecule has 0 radical (unpaired) electrons. The van der Waals surface area contributed by atoms with E-state index in [4.69, 9.17) is 9.52 Å². The zero-order valence-corrected chi connectivity index (χ0v) is 9.75. The van der Waals surface area contributed by atoms with Crippen molar-refractivity contribution < 1.29 is 14.3 Å². The number of fused-ring (bicyclic) bond motifs is 1. The Hall–Kier alpha value is -1.49. The van der Waals surface area contributed by atoms with E-state index in [1.54, 1.807) is 6.92 Å². The number of carboxylic acid groups (broad SMARTS) is 1. The molecule has 1 atom stereocenters. The van der Waals surface area contributed by atoms with Crippen LogP contribution in [0.4, 0.5) is 0 Å². The predicted molar refractivity (Wildman–Crippen MR) is 61.7 cm³/mol. The molecule has 2 aromatic rings. The summed E-state index contributed by atoms with van der Waals surface area (Å²) >= 11 is 1.11. The van der Waals surface area contributed by atoms with Gasteiger partial charge in [-0.2, -0.15) is 0 Å². The van der Waals surface area contributed by atoms with Gasteiger partial charge in [0, 0.05) is 0 Å². The van der Waals surface area contributed by atoms with Crippen molar-refractivity contribution in [3.63, 3.8) is 0 Å². The summed E-state index contributed by atoms with van der Waals surface area (Å²) in [5.74, 6) is -0.872. The molecule has 0 fully saturated rings. The summed E-state index contributed by atoms with van der Waals surface area (Å²) in [4.78, 5) is 14.9. The highest BCUT2D eigenvalue weighted by Gasteiger charge is 2.16. The SMILES string of the molecule is Cc1ccc2nc(SC(C)C(=O)O)oc2c1. The molecule has 0 aliphatic heterocycles. The largest absolute Gasteiger partial charge is 0.480 e. The van der Waals surface area contributed by atoms with E-state index in [0.717, 1.165) is 22.8 Å². The van der Waals surface area contributed by atoms with Gasteiger partial charge in [-0.1, -0.05) is 17.8 Å². The lowest BCUT2D eigenvalue weighted by molar-refractivity contribution is -0.136. The van der Waals surface area contributed by atoms with Gasteiger partial charge in [-0.15, -0.1) is 0 Å². The van der Waals surface area contributed by atoms with Crippen molar-refractivity contribution in [1.29, 1.82) is 0 Å². The summed E-state index contributed by atoms with van der Waals surface area (Å²) in [6.45, 7) is 3.57. The molecule has 1 unspecified atom stereocenters. The molecule has 1 aromatic carbocycles. The zero-order valence-electron chi connectivity index (χ0n) is 8.93. The van der Waals surface area contributed by atoms with E-state index in [1.165, 1.54) is 0 Å². The number of nitrogens with zero attached hydrogens (tertiary/aromatic N) is 1. The van der Waals surface area contributed by atoms with Crippen molar-refractivity contribution in [3.8, 4) is 0 Å². The van der Waals surface area contributed by atoms with E-state index in [9.17, 15) is 4.79 Å². The maximum Gasteiger partial charge on any atom is 0.316 e. The second kappa shape index (κ2) is 4.17. The molecule has 0 bridgehead atoms. The number of hydrogen-bond donors (Lipinski definition) is 1. The van der Waals surface area contributed by atoms with Crippen LogP contribution in [0.15, 0.2) is 27.8 Å². The van der Waals surface area contributed by atoms with Crippen LogP contribution in [-0.4, -0.2) is 21.3 Å². The molecule has 4 nitrogen and oxygen atoms in total. The fourth-order valence-electron chi connectivity index (χ4n) is 1.26. The molecule has 0 spiro atoms. The van der Waals surface area contributed by atoms with Crippen molar-refractivity contribution >= 4 is 28.8 Å². The van der Waals surface area contributed by atoms with Crippen molar-refractivity contribution in [2.24, 2.45) is 0 Å². The number of rotatable bonds is 3. The van der Waals surface area contributed by atoms with Crippen LogP contribution >= 0.6 is 11.8 Å². The molecule has 5 heteroatoms. The van der Waals surface area contributed by atoms with Crippen LogP contribution in [0.5, 0.6) is 0 Å². The molecule has 16 heavy (non-hydrogen) atoms. The molecule has 1 heterocycles. The first kappa shape index (κ1) is 11.0. The monoisotopic (exact) mass is 237 g/mol. The minimum absolute atomic E-state index is 0.399. The Labute approximate surface area is 96.7 Å². The Morgan fingerprint density at radius 3 is 3.00 bits per heavy atom. The van der Waals surface area contributed by atoms with Crippen LogP contribution in [0.1, 0.15) is 12.5 Å². The van der Waals surface area contributed by atoms with Crippen LogP contribution in [0.3, 0.4) is 0 Å². The summed E-state index contributed by atoms with van der Waals surface area (Å²) in [6.07, 6.45) is 0. The highest BCUT2D eigenvalue weighted by Crippen LogP contribution is 2.27.